The Hall–Kier alpha value is -1.95. The summed E-state index contributed by atoms with van der Waals surface area (Å²) in [5.74, 6) is 1.31. The minimum absolute atomic E-state index is 0.589. The van der Waals surface area contributed by atoms with E-state index in [1.54, 1.807) is 20.3 Å². The average molecular weight is 266 g/mol. The van der Waals surface area contributed by atoms with Crippen LogP contribution in [0.2, 0.25) is 0 Å². The third-order valence-corrected chi connectivity index (χ3v) is 3.07. The number of carbonyl (C=O) groups is 1. The van der Waals surface area contributed by atoms with Gasteiger partial charge in [0.15, 0.2) is 0 Å². The second kappa shape index (κ2) is 6.29. The summed E-state index contributed by atoms with van der Waals surface area (Å²) in [4.78, 5) is 12.8. The van der Waals surface area contributed by atoms with E-state index in [-0.39, 0.29) is 0 Å². The van der Waals surface area contributed by atoms with Crippen LogP contribution in [0.3, 0.4) is 0 Å². The lowest BCUT2D eigenvalue weighted by Gasteiger charge is -2.30. The van der Waals surface area contributed by atoms with Gasteiger partial charge in [0.2, 0.25) is 6.41 Å². The first kappa shape index (κ1) is 13.5. The lowest BCUT2D eigenvalue weighted by Crippen LogP contribution is -2.36. The van der Waals surface area contributed by atoms with Gasteiger partial charge >= 0.3 is 0 Å². The van der Waals surface area contributed by atoms with Crippen LogP contribution in [0, 0.1) is 0 Å². The zero-order valence-electron chi connectivity index (χ0n) is 11.1. The molecule has 0 saturated carbocycles. The predicted molar refractivity (Wildman–Crippen MR) is 72.3 cm³/mol. The van der Waals surface area contributed by atoms with Crippen molar-refractivity contribution in [3.8, 4) is 11.5 Å². The molecule has 0 atom stereocenters. The first-order valence-corrected chi connectivity index (χ1v) is 6.09. The minimum atomic E-state index is 0.589. The number of nitrogens with zero attached hydrogens (tertiary/aromatic N) is 1. The molecule has 0 aromatic heterocycles. The number of amides is 1. The van der Waals surface area contributed by atoms with Crippen molar-refractivity contribution in [1.29, 1.82) is 0 Å². The standard InChI is InChI=1S/C13H18N2O4/c1-17-12-8-11(15-3-5-19-6-4-15)13(18-2)7-10(12)14-9-16/h7-9H,3-6H2,1-2H3,(H,14,16). The van der Waals surface area contributed by atoms with Crippen molar-refractivity contribution < 1.29 is 19.0 Å². The number of anilines is 2. The monoisotopic (exact) mass is 266 g/mol. The van der Waals surface area contributed by atoms with Gasteiger partial charge in [0.1, 0.15) is 11.5 Å². The summed E-state index contributed by atoms with van der Waals surface area (Å²) in [6, 6.07) is 3.63. The van der Waals surface area contributed by atoms with Crippen LogP contribution < -0.4 is 19.7 Å². The molecule has 0 spiro atoms. The molecule has 1 N–H and O–H groups in total. The van der Waals surface area contributed by atoms with E-state index in [0.717, 1.165) is 18.8 Å². The van der Waals surface area contributed by atoms with Crippen LogP contribution in [0.4, 0.5) is 11.4 Å². The molecule has 1 aliphatic rings. The van der Waals surface area contributed by atoms with Crippen LogP contribution in [0.15, 0.2) is 12.1 Å². The summed E-state index contributed by atoms with van der Waals surface area (Å²) >= 11 is 0. The summed E-state index contributed by atoms with van der Waals surface area (Å²) in [6.07, 6.45) is 0.617. The summed E-state index contributed by atoms with van der Waals surface area (Å²) in [7, 11) is 3.18. The van der Waals surface area contributed by atoms with E-state index in [2.05, 4.69) is 10.2 Å². The van der Waals surface area contributed by atoms with Crippen molar-refractivity contribution >= 4 is 17.8 Å². The van der Waals surface area contributed by atoms with E-state index in [1.807, 2.05) is 6.07 Å². The number of morpholine rings is 1. The van der Waals surface area contributed by atoms with Gasteiger partial charge in [-0.3, -0.25) is 4.79 Å². The first-order valence-electron chi connectivity index (χ1n) is 6.09. The Labute approximate surface area is 112 Å². The highest BCUT2D eigenvalue weighted by molar-refractivity contribution is 5.80. The number of nitrogens with one attached hydrogen (secondary N) is 1. The molecule has 0 radical (unpaired) electrons. The molecule has 1 aromatic rings. The Morgan fingerprint density at radius 2 is 1.89 bits per heavy atom. The van der Waals surface area contributed by atoms with E-state index in [4.69, 9.17) is 14.2 Å². The van der Waals surface area contributed by atoms with Crippen LogP contribution in [0.25, 0.3) is 0 Å². The molecular formula is C13H18N2O4. The number of hydrogen-bond acceptors (Lipinski definition) is 5. The molecule has 6 heteroatoms. The van der Waals surface area contributed by atoms with Gasteiger partial charge in [0.05, 0.1) is 38.8 Å². The highest BCUT2D eigenvalue weighted by Gasteiger charge is 2.18. The lowest BCUT2D eigenvalue weighted by atomic mass is 10.2. The molecule has 19 heavy (non-hydrogen) atoms. The Kier molecular flexibility index (Phi) is 4.46. The zero-order valence-corrected chi connectivity index (χ0v) is 11.1. The molecule has 1 fully saturated rings. The number of carbonyl (C=O) groups excluding carboxylic acids is 1. The van der Waals surface area contributed by atoms with Crippen molar-refractivity contribution in [3.63, 3.8) is 0 Å². The van der Waals surface area contributed by atoms with Gasteiger partial charge < -0.3 is 24.4 Å². The topological polar surface area (TPSA) is 60.0 Å². The fourth-order valence-electron chi connectivity index (χ4n) is 2.11. The maximum atomic E-state index is 10.6. The van der Waals surface area contributed by atoms with Gasteiger partial charge in [-0.2, -0.15) is 0 Å². The molecule has 0 aliphatic carbocycles. The van der Waals surface area contributed by atoms with Crippen LogP contribution in [-0.2, 0) is 9.53 Å². The third-order valence-electron chi connectivity index (χ3n) is 3.07. The maximum absolute atomic E-state index is 10.6. The largest absolute Gasteiger partial charge is 0.494 e. The molecule has 1 saturated heterocycles. The molecule has 1 aromatic carbocycles. The number of benzene rings is 1. The summed E-state index contributed by atoms with van der Waals surface area (Å²) in [5, 5.41) is 2.60. The Bertz CT molecular complexity index is 445. The minimum Gasteiger partial charge on any atom is -0.494 e. The fraction of sp³-hybridized carbons (Fsp3) is 0.462. The lowest BCUT2D eigenvalue weighted by molar-refractivity contribution is -0.105. The van der Waals surface area contributed by atoms with Gasteiger partial charge in [0.25, 0.3) is 0 Å². The molecule has 0 unspecified atom stereocenters. The quantitative estimate of drug-likeness (QED) is 0.809. The number of rotatable bonds is 5. The van der Waals surface area contributed by atoms with Gasteiger partial charge in [-0.05, 0) is 0 Å². The highest BCUT2D eigenvalue weighted by Crippen LogP contribution is 2.38. The van der Waals surface area contributed by atoms with Crippen molar-refractivity contribution in [3.05, 3.63) is 12.1 Å². The van der Waals surface area contributed by atoms with Gasteiger partial charge in [-0.1, -0.05) is 0 Å². The molecule has 104 valence electrons. The Morgan fingerprint density at radius 1 is 1.21 bits per heavy atom. The van der Waals surface area contributed by atoms with E-state index < -0.39 is 0 Å². The van der Waals surface area contributed by atoms with E-state index in [0.29, 0.717) is 36.8 Å². The van der Waals surface area contributed by atoms with E-state index in [9.17, 15) is 4.79 Å². The second-order valence-corrected chi connectivity index (χ2v) is 4.09. The predicted octanol–water partition coefficient (Wildman–Crippen LogP) is 1.11. The number of hydrogen-bond donors (Lipinski definition) is 1. The van der Waals surface area contributed by atoms with Crippen molar-refractivity contribution in [2.24, 2.45) is 0 Å². The molecule has 2 rings (SSSR count). The summed E-state index contributed by atoms with van der Waals surface area (Å²) in [5.41, 5.74) is 1.53. The average Bonchev–Trinajstić information content (AvgIpc) is 2.48. The van der Waals surface area contributed by atoms with Gasteiger partial charge in [0, 0.05) is 25.2 Å². The molecule has 1 aliphatic heterocycles. The Morgan fingerprint density at radius 3 is 2.47 bits per heavy atom. The molecule has 1 heterocycles. The van der Waals surface area contributed by atoms with Crippen LogP contribution in [0.1, 0.15) is 0 Å². The van der Waals surface area contributed by atoms with Crippen LogP contribution in [0.5, 0.6) is 11.5 Å². The normalized spacial score (nSPS) is 14.9. The molecule has 1 amide bonds. The van der Waals surface area contributed by atoms with Crippen LogP contribution in [-0.4, -0.2) is 46.9 Å². The van der Waals surface area contributed by atoms with Crippen molar-refractivity contribution in [2.45, 2.75) is 0 Å². The molecule has 6 nitrogen and oxygen atoms in total. The maximum Gasteiger partial charge on any atom is 0.211 e. The fourth-order valence-corrected chi connectivity index (χ4v) is 2.11. The Balaban J connectivity index is 2.37. The van der Waals surface area contributed by atoms with Gasteiger partial charge in [-0.15, -0.1) is 0 Å². The van der Waals surface area contributed by atoms with Crippen LogP contribution >= 0.6 is 0 Å². The van der Waals surface area contributed by atoms with Crippen molar-refractivity contribution in [1.82, 2.24) is 0 Å². The highest BCUT2D eigenvalue weighted by atomic mass is 16.5. The molecular weight excluding hydrogens is 248 g/mol. The van der Waals surface area contributed by atoms with Crippen molar-refractivity contribution in [2.75, 3.05) is 50.7 Å². The molecule has 0 bridgehead atoms. The SMILES string of the molecule is COc1cc(N2CCOCC2)c(OC)cc1NC=O. The number of methoxy groups -OCH3 is 2. The smallest absolute Gasteiger partial charge is 0.211 e. The zero-order chi connectivity index (χ0) is 13.7. The second-order valence-electron chi connectivity index (χ2n) is 4.09. The van der Waals surface area contributed by atoms with E-state index >= 15 is 0 Å². The third kappa shape index (κ3) is 2.90. The first-order chi connectivity index (χ1) is 9.30. The van der Waals surface area contributed by atoms with Gasteiger partial charge in [-0.25, -0.2) is 0 Å². The number of ether oxygens (including phenoxy) is 3. The summed E-state index contributed by atoms with van der Waals surface area (Å²) in [6.45, 7) is 3.00. The van der Waals surface area contributed by atoms with E-state index in [1.165, 1.54) is 0 Å². The summed E-state index contributed by atoms with van der Waals surface area (Å²) < 4.78 is 16.0.